The Morgan fingerprint density at radius 1 is 1.55 bits per heavy atom. The van der Waals surface area contributed by atoms with E-state index in [1.807, 2.05) is 6.26 Å². The van der Waals surface area contributed by atoms with E-state index in [0.717, 1.165) is 5.75 Å². The fraction of sp³-hybridized carbons (Fsp3) is 1.00. The van der Waals surface area contributed by atoms with Crippen molar-refractivity contribution in [3.05, 3.63) is 0 Å². The third-order valence-electron chi connectivity index (χ3n) is 0.974. The molecule has 0 saturated carbocycles. The van der Waals surface area contributed by atoms with Gasteiger partial charge in [0.05, 0.1) is 5.75 Å². The summed E-state index contributed by atoms with van der Waals surface area (Å²) >= 11 is 6.87. The van der Waals surface area contributed by atoms with Crippen LogP contribution in [0.1, 0.15) is 0 Å². The second-order valence-electron chi connectivity index (χ2n) is 1.89. The molecule has 0 aromatic heterocycles. The van der Waals surface area contributed by atoms with Crippen LogP contribution < -0.4 is 4.72 Å². The lowest BCUT2D eigenvalue weighted by Gasteiger charge is -2.02. The molecule has 0 unspecified atom stereocenters. The second-order valence-corrected chi connectivity index (χ2v) is 5.18. The van der Waals surface area contributed by atoms with Gasteiger partial charge < -0.3 is 0 Å². The highest BCUT2D eigenvalue weighted by Gasteiger charge is 2.06. The lowest BCUT2D eigenvalue weighted by atomic mass is 10.8. The molecule has 68 valence electrons. The Labute approximate surface area is 76.9 Å². The molecule has 0 bridgehead atoms. The molecule has 0 saturated heterocycles. The van der Waals surface area contributed by atoms with Crippen molar-refractivity contribution in [3.63, 3.8) is 0 Å². The summed E-state index contributed by atoms with van der Waals surface area (Å²) in [4.78, 5) is 0. The average Bonchev–Trinajstić information content (AvgIpc) is 1.87. The van der Waals surface area contributed by atoms with Gasteiger partial charge >= 0.3 is 0 Å². The monoisotopic (exact) mass is 217 g/mol. The van der Waals surface area contributed by atoms with Crippen LogP contribution in [-0.4, -0.2) is 38.6 Å². The van der Waals surface area contributed by atoms with Gasteiger partial charge in [-0.05, 0) is 6.26 Å². The molecular weight excluding hydrogens is 206 g/mol. The highest BCUT2D eigenvalue weighted by Crippen LogP contribution is 1.90. The number of nitrogens with one attached hydrogen (secondary N) is 1. The van der Waals surface area contributed by atoms with Crippen molar-refractivity contribution < 1.29 is 8.42 Å². The van der Waals surface area contributed by atoms with Gasteiger partial charge in [-0.25, -0.2) is 13.1 Å². The van der Waals surface area contributed by atoms with Gasteiger partial charge in [-0.2, -0.15) is 11.8 Å². The van der Waals surface area contributed by atoms with Crippen LogP contribution in [0.3, 0.4) is 0 Å². The van der Waals surface area contributed by atoms with E-state index in [0.29, 0.717) is 6.54 Å². The second kappa shape index (κ2) is 6.11. The highest BCUT2D eigenvalue weighted by atomic mass is 35.5. The molecule has 6 heteroatoms. The molecule has 0 aliphatic carbocycles. The minimum Gasteiger partial charge on any atom is -0.214 e. The van der Waals surface area contributed by atoms with Gasteiger partial charge in [0.1, 0.15) is 0 Å². The number of sulfonamides is 1. The van der Waals surface area contributed by atoms with E-state index in [2.05, 4.69) is 4.72 Å². The van der Waals surface area contributed by atoms with Gasteiger partial charge in [0, 0.05) is 18.2 Å². The maximum absolute atomic E-state index is 10.9. The fourth-order valence-electron chi connectivity index (χ4n) is 0.473. The van der Waals surface area contributed by atoms with Gasteiger partial charge in [-0.15, -0.1) is 11.6 Å². The molecule has 11 heavy (non-hydrogen) atoms. The molecule has 3 nitrogen and oxygen atoms in total. The van der Waals surface area contributed by atoms with Crippen LogP contribution in [-0.2, 0) is 10.0 Å². The SMILES string of the molecule is CSCCNS(=O)(=O)CCCl. The molecule has 0 atom stereocenters. The first kappa shape index (κ1) is 11.6. The first-order valence-corrected chi connectivity index (χ1v) is 6.72. The molecule has 1 N–H and O–H groups in total. The van der Waals surface area contributed by atoms with Gasteiger partial charge in [0.2, 0.25) is 10.0 Å². The Bertz CT molecular complexity index is 181. The molecule has 0 radical (unpaired) electrons. The third kappa shape index (κ3) is 6.93. The Morgan fingerprint density at radius 3 is 2.64 bits per heavy atom. The van der Waals surface area contributed by atoms with E-state index < -0.39 is 10.0 Å². The van der Waals surface area contributed by atoms with Gasteiger partial charge in [-0.3, -0.25) is 0 Å². The minimum atomic E-state index is -3.10. The number of thioether (sulfide) groups is 1. The predicted octanol–water partition coefficient (Wildman–Crippen LogP) is 0.508. The van der Waals surface area contributed by atoms with Crippen molar-refractivity contribution >= 4 is 33.4 Å². The molecule has 0 aromatic carbocycles. The molecule has 0 amide bonds. The highest BCUT2D eigenvalue weighted by molar-refractivity contribution is 7.98. The standard InChI is InChI=1S/C5H12ClNO2S2/c1-10-4-3-7-11(8,9)5-2-6/h7H,2-5H2,1H3. The normalized spacial score (nSPS) is 11.8. The van der Waals surface area contributed by atoms with Crippen LogP contribution in [0.5, 0.6) is 0 Å². The quantitative estimate of drug-likeness (QED) is 0.521. The molecule has 0 heterocycles. The van der Waals surface area contributed by atoms with Crippen molar-refractivity contribution in [1.82, 2.24) is 4.72 Å². The summed E-state index contributed by atoms with van der Waals surface area (Å²) in [6, 6.07) is 0. The van der Waals surface area contributed by atoms with Crippen LogP contribution in [0.25, 0.3) is 0 Å². The van der Waals surface area contributed by atoms with Crippen LogP contribution >= 0.6 is 23.4 Å². The summed E-state index contributed by atoms with van der Waals surface area (Å²) in [5.41, 5.74) is 0. The zero-order valence-corrected chi connectivity index (χ0v) is 8.73. The number of hydrogen-bond donors (Lipinski definition) is 1. The minimum absolute atomic E-state index is 0.00291. The molecule has 0 aliphatic heterocycles. The molecule has 0 fully saturated rings. The Morgan fingerprint density at radius 2 is 2.18 bits per heavy atom. The van der Waals surface area contributed by atoms with E-state index in [-0.39, 0.29) is 11.6 Å². The van der Waals surface area contributed by atoms with Gasteiger partial charge in [0.15, 0.2) is 0 Å². The van der Waals surface area contributed by atoms with E-state index in [1.165, 1.54) is 0 Å². The Hall–Kier alpha value is 0.550. The third-order valence-corrected chi connectivity index (χ3v) is 3.39. The smallest absolute Gasteiger partial charge is 0.212 e. The van der Waals surface area contributed by atoms with Gasteiger partial charge in [-0.1, -0.05) is 0 Å². The predicted molar refractivity (Wildman–Crippen MR) is 50.9 cm³/mol. The number of halogens is 1. The van der Waals surface area contributed by atoms with Crippen LogP contribution in [0.15, 0.2) is 0 Å². The first-order chi connectivity index (χ1) is 5.12. The summed E-state index contributed by atoms with van der Waals surface area (Å²) in [5.74, 6) is 0.944. The lowest BCUT2D eigenvalue weighted by molar-refractivity contribution is 0.586. The van der Waals surface area contributed by atoms with Gasteiger partial charge in [0.25, 0.3) is 0 Å². The summed E-state index contributed by atoms with van der Waals surface area (Å²) < 4.78 is 24.2. The van der Waals surface area contributed by atoms with E-state index in [1.54, 1.807) is 11.8 Å². The maximum atomic E-state index is 10.9. The molecule has 0 rings (SSSR count). The largest absolute Gasteiger partial charge is 0.214 e. The summed E-state index contributed by atoms with van der Waals surface area (Å²) in [5, 5.41) is 0. The van der Waals surface area contributed by atoms with Crippen molar-refractivity contribution in [2.75, 3.05) is 30.2 Å². The summed E-state index contributed by atoms with van der Waals surface area (Å²) in [6.07, 6.45) is 1.93. The van der Waals surface area contributed by atoms with Crippen LogP contribution in [0.2, 0.25) is 0 Å². The van der Waals surface area contributed by atoms with Crippen molar-refractivity contribution in [2.24, 2.45) is 0 Å². The summed E-state index contributed by atoms with van der Waals surface area (Å²) in [6.45, 7) is 0.486. The zero-order valence-electron chi connectivity index (χ0n) is 6.34. The maximum Gasteiger partial charge on any atom is 0.212 e. The van der Waals surface area contributed by atoms with E-state index >= 15 is 0 Å². The molecule has 0 aliphatic rings. The lowest BCUT2D eigenvalue weighted by Crippen LogP contribution is -2.28. The fourth-order valence-corrected chi connectivity index (χ4v) is 2.28. The van der Waals surface area contributed by atoms with E-state index in [4.69, 9.17) is 11.6 Å². The number of rotatable bonds is 6. The van der Waals surface area contributed by atoms with Crippen molar-refractivity contribution in [3.8, 4) is 0 Å². The van der Waals surface area contributed by atoms with Crippen molar-refractivity contribution in [2.45, 2.75) is 0 Å². The number of alkyl halides is 1. The summed E-state index contributed by atoms with van der Waals surface area (Å²) in [7, 11) is -3.10. The molecular formula is C5H12ClNO2S2. The van der Waals surface area contributed by atoms with Crippen LogP contribution in [0.4, 0.5) is 0 Å². The number of hydrogen-bond acceptors (Lipinski definition) is 3. The van der Waals surface area contributed by atoms with E-state index in [9.17, 15) is 8.42 Å². The average molecular weight is 218 g/mol. The zero-order chi connectivity index (χ0) is 8.74. The Kier molecular flexibility index (Phi) is 6.41. The topological polar surface area (TPSA) is 46.2 Å². The first-order valence-electron chi connectivity index (χ1n) is 3.14. The molecule has 0 spiro atoms. The molecule has 0 aromatic rings. The van der Waals surface area contributed by atoms with Crippen LogP contribution in [0, 0.1) is 0 Å². The van der Waals surface area contributed by atoms with Crippen molar-refractivity contribution in [1.29, 1.82) is 0 Å². The Balaban J connectivity index is 3.56.